The molecule has 0 saturated heterocycles. The first-order chi connectivity index (χ1) is 32.8. The van der Waals surface area contributed by atoms with Crippen LogP contribution in [-0.2, 0) is 20.1 Å². The maximum absolute atomic E-state index is 8.44. The minimum Gasteiger partial charge on any atom is -0.501 e. The minimum absolute atomic E-state index is 0. The zero-order valence-corrected chi connectivity index (χ0v) is 43.4. The van der Waals surface area contributed by atoms with E-state index in [0.29, 0.717) is 16.8 Å². The topological polar surface area (TPSA) is 38.9 Å². The van der Waals surface area contributed by atoms with Gasteiger partial charge in [0.1, 0.15) is 5.58 Å². The van der Waals surface area contributed by atoms with Crippen molar-refractivity contribution in [2.75, 3.05) is 0 Å². The van der Waals surface area contributed by atoms with E-state index in [-0.39, 0.29) is 43.1 Å². The molecule has 0 aliphatic heterocycles. The normalized spacial score (nSPS) is 13.5. The summed E-state index contributed by atoms with van der Waals surface area (Å²) in [5.41, 5.74) is 11.2. The molecule has 0 unspecified atom stereocenters. The van der Waals surface area contributed by atoms with Crippen LogP contribution >= 0.6 is 0 Å². The van der Waals surface area contributed by atoms with Crippen LogP contribution in [0.4, 0.5) is 0 Å². The molecular formula is C59H66GeIrN2O-2. The Morgan fingerprint density at radius 2 is 1.31 bits per heavy atom. The largest absolute Gasteiger partial charge is 0.501 e. The molecule has 5 heteroatoms. The predicted octanol–water partition coefficient (Wildman–Crippen LogP) is 16.9. The standard InChI is InChI=1S/C36H32NO.C23H34GeN.Ir/c1-22(2)30-18-26(25-12-7-6-8-13-25)19-31(23(3)4)35(30)32-20-33(37-21-24(32)5)29-16-11-15-28-27-14-9-10-17-34(27)38-36(28)29;1-7-20(8-2)24(6,21(9-3)10-4)22-14-12-19(13-15-22)23-16-11-18(5)17-25-23;/h6-15,17-23H,1-5H3;11-12,14-17,20-21H,7-10H2,1-6H3;/q2*-1;/i2*5D3;. The monoisotopic (exact) mass is 1090 g/mol. The van der Waals surface area contributed by atoms with Gasteiger partial charge >= 0.3 is 162 Å². The summed E-state index contributed by atoms with van der Waals surface area (Å²) in [4.78, 5) is 9.05. The summed E-state index contributed by atoms with van der Waals surface area (Å²) in [7, 11) is 0. The zero-order valence-electron chi connectivity index (χ0n) is 44.9. The van der Waals surface area contributed by atoms with Crippen LogP contribution in [0.2, 0.25) is 15.3 Å². The zero-order chi connectivity index (χ0) is 49.8. The number of benzene rings is 5. The second-order valence-electron chi connectivity index (χ2n) is 17.7. The van der Waals surface area contributed by atoms with Gasteiger partial charge in [0.25, 0.3) is 0 Å². The Bertz CT molecular complexity index is 2950. The molecule has 0 spiro atoms. The fraction of sp³-hybridized carbons (Fsp3) is 0.322. The third-order valence-corrected chi connectivity index (χ3v) is 27.3. The van der Waals surface area contributed by atoms with Crippen molar-refractivity contribution in [3.05, 3.63) is 162 Å². The summed E-state index contributed by atoms with van der Waals surface area (Å²) in [6.07, 6.45) is 7.99. The van der Waals surface area contributed by atoms with E-state index >= 15 is 0 Å². The Hall–Kier alpha value is -4.61. The van der Waals surface area contributed by atoms with Gasteiger partial charge < -0.3 is 9.40 Å². The van der Waals surface area contributed by atoms with E-state index in [1.807, 2.05) is 60.7 Å². The third kappa shape index (κ3) is 9.96. The van der Waals surface area contributed by atoms with Gasteiger partial charge in [0.2, 0.25) is 0 Å². The number of fused-ring (bicyclic) bond motifs is 3. The summed E-state index contributed by atoms with van der Waals surface area (Å²) >= 11 is -2.30. The first-order valence-corrected chi connectivity index (χ1v) is 28.5. The molecule has 0 saturated carbocycles. The first kappa shape index (κ1) is 40.9. The molecule has 3 aromatic heterocycles. The van der Waals surface area contributed by atoms with Gasteiger partial charge in [-0.25, -0.2) is 0 Å². The van der Waals surface area contributed by atoms with Crippen molar-refractivity contribution in [3.8, 4) is 44.8 Å². The van der Waals surface area contributed by atoms with Crippen LogP contribution in [0, 0.1) is 25.8 Å². The van der Waals surface area contributed by atoms with Gasteiger partial charge in [0.15, 0.2) is 0 Å². The summed E-state index contributed by atoms with van der Waals surface area (Å²) < 4.78 is 57.3. The molecule has 0 aliphatic carbocycles. The Morgan fingerprint density at radius 1 is 0.656 bits per heavy atom. The van der Waals surface area contributed by atoms with Crippen LogP contribution in [0.15, 0.2) is 132 Å². The molecule has 0 amide bonds. The molecule has 1 radical (unpaired) electrons. The fourth-order valence-corrected chi connectivity index (χ4v) is 22.2. The van der Waals surface area contributed by atoms with Gasteiger partial charge in [0, 0.05) is 35.8 Å². The van der Waals surface area contributed by atoms with E-state index in [1.54, 1.807) is 12.1 Å². The number of para-hydroxylation sites is 1. The van der Waals surface area contributed by atoms with Crippen molar-refractivity contribution in [2.24, 2.45) is 0 Å². The van der Waals surface area contributed by atoms with E-state index in [0.717, 1.165) is 70.5 Å². The maximum atomic E-state index is 8.44. The molecule has 8 aromatic rings. The molecule has 0 aliphatic rings. The number of hydrogen-bond acceptors (Lipinski definition) is 3. The van der Waals surface area contributed by atoms with Crippen molar-refractivity contribution >= 4 is 39.6 Å². The van der Waals surface area contributed by atoms with Crippen LogP contribution in [0.5, 0.6) is 0 Å². The summed E-state index contributed by atoms with van der Waals surface area (Å²) in [6.45, 7) is 13.6. The molecule has 0 N–H and O–H groups in total. The van der Waals surface area contributed by atoms with E-state index in [1.165, 1.54) is 42.5 Å². The quantitative estimate of drug-likeness (QED) is 0.0853. The fourth-order valence-electron chi connectivity index (χ4n) is 9.94. The van der Waals surface area contributed by atoms with Gasteiger partial charge in [-0.05, 0) is 69.4 Å². The van der Waals surface area contributed by atoms with Crippen LogP contribution in [0.1, 0.15) is 123 Å². The average molecular weight is 1090 g/mol. The molecule has 64 heavy (non-hydrogen) atoms. The number of pyridine rings is 2. The van der Waals surface area contributed by atoms with Gasteiger partial charge in [-0.15, -0.1) is 18.2 Å². The number of nitrogens with zero attached hydrogens (tertiary/aromatic N) is 2. The van der Waals surface area contributed by atoms with Gasteiger partial charge in [0.05, 0.1) is 5.58 Å². The number of aromatic nitrogens is 2. The van der Waals surface area contributed by atoms with Crippen LogP contribution in [0.3, 0.4) is 0 Å². The molecule has 5 aromatic carbocycles. The van der Waals surface area contributed by atoms with E-state index < -0.39 is 27.0 Å². The molecule has 0 fully saturated rings. The van der Waals surface area contributed by atoms with Gasteiger partial charge in [-0.2, -0.15) is 0 Å². The molecule has 333 valence electrons. The second-order valence-corrected chi connectivity index (χ2v) is 27.8. The van der Waals surface area contributed by atoms with Gasteiger partial charge in [-0.3, -0.25) is 0 Å². The first-order valence-electron chi connectivity index (χ1n) is 25.9. The smallest absolute Gasteiger partial charge is 0.120 e. The number of hydrogen-bond donors (Lipinski definition) is 0. The van der Waals surface area contributed by atoms with E-state index in [9.17, 15) is 0 Å². The predicted molar refractivity (Wildman–Crippen MR) is 273 cm³/mol. The molecular weight excluding hydrogens is 1020 g/mol. The van der Waals surface area contributed by atoms with Crippen molar-refractivity contribution in [3.63, 3.8) is 0 Å². The van der Waals surface area contributed by atoms with Crippen molar-refractivity contribution in [1.29, 1.82) is 0 Å². The van der Waals surface area contributed by atoms with Crippen LogP contribution in [0.25, 0.3) is 66.7 Å². The van der Waals surface area contributed by atoms with Gasteiger partial charge in [-0.1, -0.05) is 105 Å². The Morgan fingerprint density at radius 3 is 1.89 bits per heavy atom. The molecule has 3 heterocycles. The van der Waals surface area contributed by atoms with E-state index in [4.69, 9.17) is 12.6 Å². The average Bonchev–Trinajstić information content (AvgIpc) is 3.73. The van der Waals surface area contributed by atoms with Crippen LogP contribution < -0.4 is 4.40 Å². The second kappa shape index (κ2) is 21.6. The number of rotatable bonds is 13. The van der Waals surface area contributed by atoms with Crippen LogP contribution in [-0.4, -0.2) is 23.2 Å². The molecule has 3 nitrogen and oxygen atoms in total. The Balaban J connectivity index is 0.000000244. The summed E-state index contributed by atoms with van der Waals surface area (Å²) in [5.74, 6) is 2.94. The number of furan rings is 1. The Labute approximate surface area is 408 Å². The SMILES string of the molecule is [2H]C([2H])([2H])c1ccc(-c2[c-]c[c]([Ge]([CH3])([CH](CC)CC)[CH](CC)CC)cc2)nc1.[2H]C([2H])([2H])c1cnc(-c2[c-]ccc3c2oc2ccccc23)cc1-c1c(C(C)C)cc(-c2ccccc2)cc1C(C)C.[Ir]. The molecule has 0 bridgehead atoms. The summed E-state index contributed by atoms with van der Waals surface area (Å²) in [6, 6.07) is 45.4. The maximum Gasteiger partial charge on any atom is 0.120 e. The third-order valence-electron chi connectivity index (χ3n) is 13.5. The number of aryl methyl sites for hydroxylation is 2. The Kier molecular flexibility index (Phi) is 13.8. The molecule has 8 rings (SSSR count). The molecule has 0 atom stereocenters. The van der Waals surface area contributed by atoms with Crippen molar-refractivity contribution in [1.82, 2.24) is 9.97 Å². The van der Waals surface area contributed by atoms with Crippen molar-refractivity contribution in [2.45, 2.75) is 122 Å². The minimum atomic E-state index is -2.34. The van der Waals surface area contributed by atoms with Crippen molar-refractivity contribution < 1.29 is 32.7 Å². The summed E-state index contributed by atoms with van der Waals surface area (Å²) in [5, 5.41) is 2.01. The van der Waals surface area contributed by atoms with E-state index in [2.05, 4.69) is 126 Å².